The summed E-state index contributed by atoms with van der Waals surface area (Å²) in [5.41, 5.74) is -2.91. The van der Waals surface area contributed by atoms with Gasteiger partial charge < -0.3 is 44.5 Å². The van der Waals surface area contributed by atoms with Gasteiger partial charge in [0.15, 0.2) is 6.29 Å². The summed E-state index contributed by atoms with van der Waals surface area (Å²) in [5.74, 6) is -0.514. The molecule has 10 heteroatoms. The number of aldehydes is 1. The maximum Gasteiger partial charge on any atom is 0.310 e. The molecule has 2 spiro atoms. The lowest BCUT2D eigenvalue weighted by Crippen LogP contribution is -2.63. The lowest BCUT2D eigenvalue weighted by atomic mass is 9.40. The molecular weight excluding hydrogens is 580 g/mol. The Labute approximate surface area is 267 Å². The fraction of sp³-hybridized carbons (Fsp3) is 0.943. The Hall–Kier alpha value is -1.14. The smallest absolute Gasteiger partial charge is 0.310 e. The zero-order valence-corrected chi connectivity index (χ0v) is 28.1. The van der Waals surface area contributed by atoms with Gasteiger partial charge in [-0.05, 0) is 105 Å². The normalized spacial score (nSPS) is 53.3. The number of rotatable bonds is 6. The summed E-state index contributed by atoms with van der Waals surface area (Å²) < 4.78 is 17.9. The molecule has 256 valence electrons. The van der Waals surface area contributed by atoms with Crippen LogP contribution in [0.25, 0.3) is 0 Å². The number of hydrogen-bond donors (Lipinski definition) is 5. The summed E-state index contributed by atoms with van der Waals surface area (Å²) in [6.45, 7) is 13.6. The number of esters is 1. The summed E-state index contributed by atoms with van der Waals surface area (Å²) in [6.07, 6.45) is 0.859. The van der Waals surface area contributed by atoms with E-state index in [1.807, 2.05) is 6.92 Å². The van der Waals surface area contributed by atoms with Crippen molar-refractivity contribution in [1.29, 1.82) is 0 Å². The SMILES string of the molecule is C[C@@H]1C[C@H]([C@H](O)C(C)(C)O)OC(=O)[C@H]1[C@@]1(C)CC[C@@]23C[C@@]24CC[C@H](O[C@@H]2OC[C@H](O)[C@H](O)[C@H]2O)C(C)(C)[C@@H]4CC[C@H]3[C@]1(C)C=O. The van der Waals surface area contributed by atoms with Crippen LogP contribution in [0.15, 0.2) is 0 Å². The first-order chi connectivity index (χ1) is 20.8. The summed E-state index contributed by atoms with van der Waals surface area (Å²) in [6, 6.07) is 0. The summed E-state index contributed by atoms with van der Waals surface area (Å²) >= 11 is 0. The highest BCUT2D eigenvalue weighted by Crippen LogP contribution is 2.87. The van der Waals surface area contributed by atoms with Crippen LogP contribution in [-0.2, 0) is 23.8 Å². The molecule has 0 aromatic carbocycles. The fourth-order valence-electron chi connectivity index (χ4n) is 12.0. The van der Waals surface area contributed by atoms with Crippen LogP contribution in [0.5, 0.6) is 0 Å². The third kappa shape index (κ3) is 4.59. The van der Waals surface area contributed by atoms with Crippen LogP contribution in [0.4, 0.5) is 0 Å². The van der Waals surface area contributed by atoms with Crippen molar-refractivity contribution in [2.45, 2.75) is 148 Å². The number of aliphatic hydroxyl groups excluding tert-OH is 4. The highest BCUT2D eigenvalue weighted by Gasteiger charge is 2.82. The molecule has 0 aromatic rings. The standard InChI is InChI=1S/C35H56O10/c1-18-14-20(27(40)31(4,5)42)44-28(41)24(18)32(6)12-13-35-16-34(35)11-10-23(45-29-26(39)25(38)19(37)15-43-29)30(2,3)21(34)8-9-22(35)33(32,7)17-36/h17-27,29,37-40,42H,8-16H2,1-7H3/t18-,19+,20-,21+,22+,23+,24+,25+,26-,27+,29+,32-,33+,34-,35+/m1/s1. The average Bonchev–Trinajstić information content (AvgIpc) is 3.63. The second kappa shape index (κ2) is 10.7. The van der Waals surface area contributed by atoms with Gasteiger partial charge >= 0.3 is 5.97 Å². The van der Waals surface area contributed by atoms with E-state index >= 15 is 0 Å². The molecule has 6 aliphatic rings. The Balaban J connectivity index is 1.23. The first kappa shape index (κ1) is 33.7. The lowest BCUT2D eigenvalue weighted by Gasteiger charge is -2.64. The Kier molecular flexibility index (Phi) is 8.01. The third-order valence-electron chi connectivity index (χ3n) is 14.7. The van der Waals surface area contributed by atoms with E-state index in [4.69, 9.17) is 14.2 Å². The Morgan fingerprint density at radius 1 is 0.978 bits per heavy atom. The molecule has 0 aromatic heterocycles. The average molecular weight is 637 g/mol. The monoisotopic (exact) mass is 636 g/mol. The molecule has 4 aliphatic carbocycles. The van der Waals surface area contributed by atoms with Crippen molar-refractivity contribution in [3.05, 3.63) is 0 Å². The molecule has 2 aliphatic heterocycles. The van der Waals surface area contributed by atoms with Gasteiger partial charge in [-0.15, -0.1) is 0 Å². The first-order valence-corrected chi connectivity index (χ1v) is 17.2. The third-order valence-corrected chi connectivity index (χ3v) is 14.7. The Morgan fingerprint density at radius 2 is 1.62 bits per heavy atom. The zero-order chi connectivity index (χ0) is 33.1. The predicted octanol–water partition coefficient (Wildman–Crippen LogP) is 2.74. The second-order valence-electron chi connectivity index (χ2n) is 17.5. The van der Waals surface area contributed by atoms with Crippen LogP contribution in [0.1, 0.15) is 99.8 Å². The van der Waals surface area contributed by atoms with Gasteiger partial charge in [-0.2, -0.15) is 0 Å². The van der Waals surface area contributed by atoms with Crippen molar-refractivity contribution >= 4 is 12.3 Å². The van der Waals surface area contributed by atoms with Crippen LogP contribution in [0.3, 0.4) is 0 Å². The molecule has 0 amide bonds. The molecule has 0 unspecified atom stereocenters. The van der Waals surface area contributed by atoms with Crippen molar-refractivity contribution < 1.29 is 49.3 Å². The number of carbonyl (C=O) groups excluding carboxylic acids is 2. The van der Waals surface area contributed by atoms with E-state index in [1.54, 1.807) is 0 Å². The minimum Gasteiger partial charge on any atom is -0.459 e. The Morgan fingerprint density at radius 3 is 2.24 bits per heavy atom. The highest BCUT2D eigenvalue weighted by atomic mass is 16.7. The van der Waals surface area contributed by atoms with Crippen molar-refractivity contribution in [2.75, 3.05) is 6.61 Å². The highest BCUT2D eigenvalue weighted by molar-refractivity contribution is 5.77. The molecule has 15 atom stereocenters. The van der Waals surface area contributed by atoms with Crippen LogP contribution in [0.2, 0.25) is 0 Å². The zero-order valence-electron chi connectivity index (χ0n) is 28.1. The van der Waals surface area contributed by atoms with E-state index in [0.29, 0.717) is 12.3 Å². The van der Waals surface area contributed by atoms with Gasteiger partial charge in [0.1, 0.15) is 36.8 Å². The van der Waals surface area contributed by atoms with E-state index < -0.39 is 59.2 Å². The topological polar surface area (TPSA) is 163 Å². The molecule has 45 heavy (non-hydrogen) atoms. The molecule has 2 saturated heterocycles. The van der Waals surface area contributed by atoms with Gasteiger partial charge in [0.05, 0.1) is 24.2 Å². The van der Waals surface area contributed by atoms with Crippen molar-refractivity contribution in [3.8, 4) is 0 Å². The van der Waals surface area contributed by atoms with Crippen molar-refractivity contribution in [3.63, 3.8) is 0 Å². The van der Waals surface area contributed by atoms with Gasteiger partial charge in [-0.1, -0.05) is 34.6 Å². The largest absolute Gasteiger partial charge is 0.459 e. The minimum absolute atomic E-state index is 0.00986. The molecule has 2 heterocycles. The summed E-state index contributed by atoms with van der Waals surface area (Å²) in [4.78, 5) is 27.2. The van der Waals surface area contributed by atoms with E-state index in [0.717, 1.165) is 51.2 Å². The van der Waals surface area contributed by atoms with E-state index in [2.05, 4.69) is 27.7 Å². The van der Waals surface area contributed by atoms with Gasteiger partial charge in [0.25, 0.3) is 0 Å². The van der Waals surface area contributed by atoms with Gasteiger partial charge in [-0.3, -0.25) is 4.79 Å². The lowest BCUT2D eigenvalue weighted by molar-refractivity contribution is -0.302. The second-order valence-corrected chi connectivity index (χ2v) is 17.5. The fourth-order valence-corrected chi connectivity index (χ4v) is 12.0. The molecule has 0 radical (unpaired) electrons. The van der Waals surface area contributed by atoms with Gasteiger partial charge in [0, 0.05) is 5.41 Å². The van der Waals surface area contributed by atoms with Gasteiger partial charge in [0.2, 0.25) is 0 Å². The number of hydrogen-bond acceptors (Lipinski definition) is 10. The van der Waals surface area contributed by atoms with Crippen LogP contribution in [-0.4, -0.2) is 92.9 Å². The van der Waals surface area contributed by atoms with Crippen LogP contribution < -0.4 is 0 Å². The first-order valence-electron chi connectivity index (χ1n) is 17.2. The molecule has 6 rings (SSSR count). The summed E-state index contributed by atoms with van der Waals surface area (Å²) in [7, 11) is 0. The minimum atomic E-state index is -1.40. The van der Waals surface area contributed by atoms with E-state index in [-0.39, 0.29) is 46.8 Å². The van der Waals surface area contributed by atoms with Crippen molar-refractivity contribution in [2.24, 2.45) is 50.7 Å². The maximum absolute atomic E-state index is 13.8. The molecule has 5 N–H and O–H groups in total. The molecule has 10 nitrogen and oxygen atoms in total. The number of ether oxygens (including phenoxy) is 3. The number of cyclic esters (lactones) is 1. The number of aliphatic hydroxyl groups is 5. The summed E-state index contributed by atoms with van der Waals surface area (Å²) in [5, 5.41) is 51.8. The van der Waals surface area contributed by atoms with E-state index in [1.165, 1.54) is 13.8 Å². The predicted molar refractivity (Wildman–Crippen MR) is 162 cm³/mol. The number of carbonyl (C=O) groups is 2. The quantitative estimate of drug-likeness (QED) is 0.166. The molecule has 0 bridgehead atoms. The van der Waals surface area contributed by atoms with Gasteiger partial charge in [-0.25, -0.2) is 0 Å². The van der Waals surface area contributed by atoms with E-state index in [9.17, 15) is 35.1 Å². The van der Waals surface area contributed by atoms with Crippen molar-refractivity contribution in [1.82, 2.24) is 0 Å². The van der Waals surface area contributed by atoms with Crippen LogP contribution >= 0.6 is 0 Å². The van der Waals surface area contributed by atoms with Crippen LogP contribution in [0, 0.1) is 50.7 Å². The maximum atomic E-state index is 13.8. The molecule has 4 saturated carbocycles. The molecule has 6 fully saturated rings. The Bertz CT molecular complexity index is 1180. The molecular formula is C35H56O10.